The smallest absolute Gasteiger partial charge is 0.263 e. The van der Waals surface area contributed by atoms with Gasteiger partial charge in [0.2, 0.25) is 0 Å². The lowest BCUT2D eigenvalue weighted by Gasteiger charge is -2.21. The quantitative estimate of drug-likeness (QED) is 0.215. The average Bonchev–Trinajstić information content (AvgIpc) is 2.05. The monoisotopic (exact) mass is 414 g/mol. The second kappa shape index (κ2) is 6.93. The molecule has 0 saturated heterocycles. The minimum atomic E-state index is -5.67. The number of hydrogen-bond donors (Lipinski definition) is 4. The molecule has 0 atom stereocenters. The van der Waals surface area contributed by atoms with Crippen LogP contribution in [-0.2, 0) is 58.3 Å². The Hall–Kier alpha value is -0.520. The van der Waals surface area contributed by atoms with Gasteiger partial charge in [0.25, 0.3) is 12.6 Å². The molecule has 0 aromatic heterocycles. The van der Waals surface area contributed by atoms with Crippen LogP contribution in [0.3, 0.4) is 0 Å². The van der Waals surface area contributed by atoms with E-state index in [4.69, 9.17) is 18.2 Å². The van der Waals surface area contributed by atoms with Crippen molar-refractivity contribution >= 4 is 41.6 Å². The van der Waals surface area contributed by atoms with Crippen LogP contribution in [0.5, 0.6) is 0 Å². The molecule has 0 aromatic carbocycles. The van der Waals surface area contributed by atoms with Gasteiger partial charge in [-0.2, -0.15) is 33.7 Å². The molecule has 134 valence electrons. The van der Waals surface area contributed by atoms with Crippen molar-refractivity contribution in [1.29, 1.82) is 0 Å². The van der Waals surface area contributed by atoms with Crippen molar-refractivity contribution in [3.63, 3.8) is 0 Å². The zero-order valence-electron chi connectivity index (χ0n) is 9.48. The summed E-state index contributed by atoms with van der Waals surface area (Å²) in [7, 11) is -22.7. The summed E-state index contributed by atoms with van der Waals surface area (Å²) in [6.07, 6.45) is -6.73. The Labute approximate surface area is 123 Å². The van der Waals surface area contributed by atoms with Crippen LogP contribution >= 0.6 is 0 Å². The fourth-order valence-electron chi connectivity index (χ4n) is 0.693. The maximum absolute atomic E-state index is 10.4. The topological polar surface area (TPSA) is 254 Å². The van der Waals surface area contributed by atoms with Gasteiger partial charge in [0.15, 0.2) is 0 Å². The average molecular weight is 414 g/mol. The molecule has 0 amide bonds. The van der Waals surface area contributed by atoms with Gasteiger partial charge < -0.3 is 0 Å². The van der Waals surface area contributed by atoms with Gasteiger partial charge in [0.05, 0.1) is 0 Å². The van der Waals surface area contributed by atoms with E-state index in [0.717, 1.165) is 0 Å². The van der Waals surface area contributed by atoms with Crippen molar-refractivity contribution < 1.29 is 68.6 Å². The van der Waals surface area contributed by atoms with Crippen LogP contribution in [0.2, 0.25) is 0 Å². The molecule has 0 aliphatic carbocycles. The Morgan fingerprint density at radius 2 is 0.591 bits per heavy atom. The Morgan fingerprint density at radius 1 is 0.455 bits per heavy atom. The third-order valence-corrected chi connectivity index (χ3v) is 2.82. The lowest BCUT2D eigenvalue weighted by atomic mass is 10.6. The van der Waals surface area contributed by atoms with Gasteiger partial charge in [-0.05, 0) is 0 Å². The van der Waals surface area contributed by atoms with Gasteiger partial charge in [0, 0.05) is 0 Å². The summed E-state index contributed by atoms with van der Waals surface area (Å²) in [4.78, 5) is 0. The minimum absolute atomic E-state index is 3.33. The maximum atomic E-state index is 10.4. The van der Waals surface area contributed by atoms with Crippen LogP contribution in [0.4, 0.5) is 0 Å². The highest BCUT2D eigenvalue weighted by Crippen LogP contribution is 2.16. The largest absolute Gasteiger partial charge is 0.400 e. The fourth-order valence-corrected chi connectivity index (χ4v) is 2.27. The van der Waals surface area contributed by atoms with Crippen molar-refractivity contribution in [2.24, 2.45) is 0 Å². The predicted molar refractivity (Wildman–Crippen MR) is 58.1 cm³/mol. The second-order valence-electron chi connectivity index (χ2n) is 2.83. The van der Waals surface area contributed by atoms with Crippen molar-refractivity contribution in [2.45, 2.75) is 12.6 Å². The van der Waals surface area contributed by atoms with Crippen LogP contribution in [0.25, 0.3) is 0 Å². The summed E-state index contributed by atoms with van der Waals surface area (Å²) in [5, 5.41) is 0. The van der Waals surface area contributed by atoms with Crippen LogP contribution in [0.15, 0.2) is 0 Å². The first kappa shape index (κ1) is 21.5. The molecule has 0 saturated carbocycles. The van der Waals surface area contributed by atoms with E-state index < -0.39 is 54.2 Å². The molecule has 0 fully saturated rings. The Morgan fingerprint density at radius 3 is 0.682 bits per heavy atom. The van der Waals surface area contributed by atoms with Crippen LogP contribution in [0.1, 0.15) is 0 Å². The lowest BCUT2D eigenvalue weighted by Crippen LogP contribution is -2.41. The summed E-state index contributed by atoms with van der Waals surface area (Å²) >= 11 is 0. The molecule has 0 rings (SSSR count). The van der Waals surface area contributed by atoms with Crippen molar-refractivity contribution in [2.75, 3.05) is 0 Å². The zero-order valence-corrected chi connectivity index (χ0v) is 12.7. The fraction of sp³-hybridized carbons (Fsp3) is 1.00. The number of hydrogen-bond acceptors (Lipinski definition) is 12. The third-order valence-electron chi connectivity index (χ3n) is 1.09. The summed E-state index contributed by atoms with van der Waals surface area (Å²) in [6.45, 7) is 0. The van der Waals surface area contributed by atoms with E-state index in [9.17, 15) is 33.7 Å². The van der Waals surface area contributed by atoms with E-state index in [1.807, 2.05) is 0 Å². The summed E-state index contributed by atoms with van der Waals surface area (Å²) in [5.41, 5.74) is 0. The SMILES string of the molecule is O=S(=O)(O)OC(OS(=O)(=O)O)C(OS(=O)(=O)O)OS(=O)(=O)O. The van der Waals surface area contributed by atoms with Gasteiger partial charge in [-0.15, -0.1) is 0 Å². The van der Waals surface area contributed by atoms with E-state index in [-0.39, 0.29) is 0 Å². The second-order valence-corrected chi connectivity index (χ2v) is 7.02. The Kier molecular flexibility index (Phi) is 6.77. The molecule has 0 bridgehead atoms. The highest BCUT2D eigenvalue weighted by Gasteiger charge is 2.39. The van der Waals surface area contributed by atoms with Gasteiger partial charge in [-0.3, -0.25) is 18.2 Å². The number of rotatable bonds is 9. The van der Waals surface area contributed by atoms with Gasteiger partial charge in [0.1, 0.15) is 0 Å². The summed E-state index contributed by atoms with van der Waals surface area (Å²) in [6, 6.07) is 0. The first-order valence-electron chi connectivity index (χ1n) is 4.01. The first-order valence-corrected chi connectivity index (χ1v) is 9.47. The molecule has 16 nitrogen and oxygen atoms in total. The van der Waals surface area contributed by atoms with Gasteiger partial charge >= 0.3 is 41.6 Å². The van der Waals surface area contributed by atoms with E-state index >= 15 is 0 Å². The van der Waals surface area contributed by atoms with Crippen molar-refractivity contribution in [3.05, 3.63) is 0 Å². The highest BCUT2D eigenvalue weighted by atomic mass is 32.3. The molecule has 0 aliphatic heterocycles. The van der Waals surface area contributed by atoms with Gasteiger partial charge in [-0.1, -0.05) is 0 Å². The van der Waals surface area contributed by atoms with Crippen LogP contribution in [0, 0.1) is 0 Å². The molecule has 0 radical (unpaired) electrons. The van der Waals surface area contributed by atoms with Crippen LogP contribution < -0.4 is 0 Å². The maximum Gasteiger partial charge on any atom is 0.400 e. The van der Waals surface area contributed by atoms with Gasteiger partial charge in [-0.25, -0.2) is 16.7 Å². The molecule has 0 unspecified atom stereocenters. The van der Waals surface area contributed by atoms with Crippen LogP contribution in [-0.4, -0.2) is 64.5 Å². The molecule has 0 aromatic rings. The molecule has 0 aliphatic rings. The first-order chi connectivity index (χ1) is 9.38. The molecule has 0 heterocycles. The van der Waals surface area contributed by atoms with E-state index in [2.05, 4.69) is 16.7 Å². The molecule has 4 N–H and O–H groups in total. The molecule has 22 heavy (non-hydrogen) atoms. The minimum Gasteiger partial charge on any atom is -0.263 e. The van der Waals surface area contributed by atoms with Crippen molar-refractivity contribution in [1.82, 2.24) is 0 Å². The lowest BCUT2D eigenvalue weighted by molar-refractivity contribution is -0.157. The van der Waals surface area contributed by atoms with Crippen molar-refractivity contribution in [3.8, 4) is 0 Å². The third kappa shape index (κ3) is 12.1. The normalized spacial score (nSPS) is 14.6. The standard InChI is InChI=1S/C2H6O16S4/c3-19(4,5)15-1(16-20(6,7)8)2(17-21(9,10)11)18-22(12,13)14/h1-2H,(H,3,4,5)(H,6,7,8)(H,9,10,11)(H,12,13,14). The summed E-state index contributed by atoms with van der Waals surface area (Å²) < 4.78 is 130. The molecule has 20 heteroatoms. The predicted octanol–water partition coefficient (Wildman–Crippen LogP) is -3.08. The van der Waals surface area contributed by atoms with E-state index in [0.29, 0.717) is 0 Å². The Bertz CT molecular complexity index is 640. The molecule has 0 spiro atoms. The van der Waals surface area contributed by atoms with E-state index in [1.54, 1.807) is 0 Å². The van der Waals surface area contributed by atoms with E-state index in [1.165, 1.54) is 0 Å². The molecular formula is C2H6O16S4. The molecular weight excluding hydrogens is 408 g/mol. The summed E-state index contributed by atoms with van der Waals surface area (Å²) in [5.74, 6) is 0. The highest BCUT2D eigenvalue weighted by molar-refractivity contribution is 7.82. The zero-order chi connectivity index (χ0) is 18.0. The Balaban J connectivity index is 5.79.